The van der Waals surface area contributed by atoms with Gasteiger partial charge in [0, 0.05) is 26.2 Å². The SMILES string of the molecule is CCCOCc1ccccc1CNC(=NC)NC1CCCCC1. The molecule has 0 heterocycles. The predicted molar refractivity (Wildman–Crippen MR) is 96.6 cm³/mol. The lowest BCUT2D eigenvalue weighted by Crippen LogP contribution is -2.43. The molecule has 1 aromatic rings. The Kier molecular flexibility index (Phi) is 7.95. The molecule has 0 aliphatic heterocycles. The molecule has 128 valence electrons. The van der Waals surface area contributed by atoms with Crippen LogP contribution in [0.5, 0.6) is 0 Å². The summed E-state index contributed by atoms with van der Waals surface area (Å²) in [7, 11) is 1.84. The van der Waals surface area contributed by atoms with Crippen molar-refractivity contribution in [2.24, 2.45) is 4.99 Å². The number of guanidine groups is 1. The number of ether oxygens (including phenoxy) is 1. The Morgan fingerprint density at radius 1 is 1.17 bits per heavy atom. The number of nitrogens with zero attached hydrogens (tertiary/aromatic N) is 1. The van der Waals surface area contributed by atoms with Crippen LogP contribution in [0.1, 0.15) is 56.6 Å². The lowest BCUT2D eigenvalue weighted by atomic mass is 9.96. The van der Waals surface area contributed by atoms with Gasteiger partial charge in [0.1, 0.15) is 0 Å². The molecule has 23 heavy (non-hydrogen) atoms. The Morgan fingerprint density at radius 2 is 1.91 bits per heavy atom. The third kappa shape index (κ3) is 6.22. The third-order valence-corrected chi connectivity index (χ3v) is 4.34. The molecule has 0 amide bonds. The first-order valence-electron chi connectivity index (χ1n) is 8.95. The van der Waals surface area contributed by atoms with Crippen LogP contribution in [0.4, 0.5) is 0 Å². The van der Waals surface area contributed by atoms with E-state index in [0.717, 1.165) is 25.5 Å². The highest BCUT2D eigenvalue weighted by Gasteiger charge is 2.14. The fourth-order valence-corrected chi connectivity index (χ4v) is 3.01. The Hall–Kier alpha value is -1.55. The molecule has 1 fully saturated rings. The van der Waals surface area contributed by atoms with Crippen molar-refractivity contribution in [1.29, 1.82) is 0 Å². The fourth-order valence-electron chi connectivity index (χ4n) is 3.01. The van der Waals surface area contributed by atoms with Gasteiger partial charge in [0.25, 0.3) is 0 Å². The molecular weight excluding hydrogens is 286 g/mol. The number of benzene rings is 1. The first-order chi connectivity index (χ1) is 11.3. The maximum absolute atomic E-state index is 5.69. The molecule has 4 nitrogen and oxygen atoms in total. The molecule has 2 rings (SSSR count). The summed E-state index contributed by atoms with van der Waals surface area (Å²) in [6.45, 7) is 4.40. The highest BCUT2D eigenvalue weighted by atomic mass is 16.5. The summed E-state index contributed by atoms with van der Waals surface area (Å²) in [6.07, 6.45) is 7.58. The molecule has 0 atom stereocenters. The second-order valence-electron chi connectivity index (χ2n) is 6.23. The summed E-state index contributed by atoms with van der Waals surface area (Å²) in [5.74, 6) is 0.904. The first kappa shape index (κ1) is 17.8. The van der Waals surface area contributed by atoms with E-state index in [1.165, 1.54) is 43.2 Å². The molecule has 0 saturated heterocycles. The summed E-state index contributed by atoms with van der Waals surface area (Å²) in [5.41, 5.74) is 2.52. The van der Waals surface area contributed by atoms with Gasteiger partial charge in [-0.2, -0.15) is 0 Å². The fraction of sp³-hybridized carbons (Fsp3) is 0.632. The highest BCUT2D eigenvalue weighted by molar-refractivity contribution is 5.80. The molecule has 1 aliphatic carbocycles. The van der Waals surface area contributed by atoms with Crippen LogP contribution in [0, 0.1) is 0 Å². The van der Waals surface area contributed by atoms with E-state index in [1.54, 1.807) is 0 Å². The van der Waals surface area contributed by atoms with Gasteiger partial charge in [-0.3, -0.25) is 4.99 Å². The summed E-state index contributed by atoms with van der Waals surface area (Å²) in [5, 5.41) is 7.00. The van der Waals surface area contributed by atoms with E-state index in [4.69, 9.17) is 4.74 Å². The van der Waals surface area contributed by atoms with E-state index in [1.807, 2.05) is 7.05 Å². The van der Waals surface area contributed by atoms with E-state index >= 15 is 0 Å². The van der Waals surface area contributed by atoms with E-state index < -0.39 is 0 Å². The molecule has 0 bridgehead atoms. The summed E-state index contributed by atoms with van der Waals surface area (Å²) >= 11 is 0. The zero-order chi connectivity index (χ0) is 16.3. The Balaban J connectivity index is 1.85. The quantitative estimate of drug-likeness (QED) is 0.459. The van der Waals surface area contributed by atoms with Crippen LogP contribution in [0.3, 0.4) is 0 Å². The van der Waals surface area contributed by atoms with Crippen molar-refractivity contribution in [3.05, 3.63) is 35.4 Å². The van der Waals surface area contributed by atoms with Crippen molar-refractivity contribution in [3.63, 3.8) is 0 Å². The largest absolute Gasteiger partial charge is 0.377 e. The van der Waals surface area contributed by atoms with Gasteiger partial charge in [0.2, 0.25) is 0 Å². The average Bonchev–Trinajstić information content (AvgIpc) is 2.60. The smallest absolute Gasteiger partial charge is 0.191 e. The van der Waals surface area contributed by atoms with Crippen LogP contribution in [-0.4, -0.2) is 25.7 Å². The summed E-state index contributed by atoms with van der Waals surface area (Å²) in [6, 6.07) is 9.02. The Labute approximate surface area is 140 Å². The van der Waals surface area contributed by atoms with Crippen LogP contribution in [0.15, 0.2) is 29.3 Å². The van der Waals surface area contributed by atoms with E-state index in [9.17, 15) is 0 Å². The highest BCUT2D eigenvalue weighted by Crippen LogP contribution is 2.17. The maximum atomic E-state index is 5.69. The zero-order valence-corrected chi connectivity index (χ0v) is 14.6. The number of hydrogen-bond donors (Lipinski definition) is 2. The third-order valence-electron chi connectivity index (χ3n) is 4.34. The van der Waals surface area contributed by atoms with Gasteiger partial charge in [-0.1, -0.05) is 50.5 Å². The van der Waals surface area contributed by atoms with Gasteiger partial charge in [0.15, 0.2) is 5.96 Å². The lowest BCUT2D eigenvalue weighted by Gasteiger charge is -2.25. The zero-order valence-electron chi connectivity index (χ0n) is 14.6. The van der Waals surface area contributed by atoms with E-state index in [2.05, 4.69) is 46.8 Å². The van der Waals surface area contributed by atoms with Gasteiger partial charge >= 0.3 is 0 Å². The van der Waals surface area contributed by atoms with Gasteiger partial charge < -0.3 is 15.4 Å². The van der Waals surface area contributed by atoms with Gasteiger partial charge in [0.05, 0.1) is 6.61 Å². The van der Waals surface area contributed by atoms with Gasteiger partial charge in [-0.15, -0.1) is 0 Å². The minimum atomic E-state index is 0.568. The van der Waals surface area contributed by atoms with Crippen LogP contribution in [0.2, 0.25) is 0 Å². The Morgan fingerprint density at radius 3 is 2.61 bits per heavy atom. The molecule has 1 aromatic carbocycles. The Bertz CT molecular complexity index is 481. The van der Waals surface area contributed by atoms with Crippen molar-refractivity contribution in [2.45, 2.75) is 64.6 Å². The molecule has 1 aliphatic rings. The number of rotatable bonds is 7. The summed E-state index contributed by atoms with van der Waals surface area (Å²) < 4.78 is 5.69. The molecule has 0 aromatic heterocycles. The first-order valence-corrected chi connectivity index (χ1v) is 8.95. The van der Waals surface area contributed by atoms with E-state index in [-0.39, 0.29) is 0 Å². The standard InChI is InChI=1S/C19H31N3O/c1-3-13-23-15-17-10-8-7-9-16(17)14-21-19(20-2)22-18-11-5-4-6-12-18/h7-10,18H,3-6,11-15H2,1-2H3,(H2,20,21,22). The van der Waals surface area contributed by atoms with Crippen LogP contribution in [-0.2, 0) is 17.9 Å². The lowest BCUT2D eigenvalue weighted by molar-refractivity contribution is 0.121. The normalized spacial score (nSPS) is 16.3. The monoisotopic (exact) mass is 317 g/mol. The van der Waals surface area contributed by atoms with Crippen LogP contribution >= 0.6 is 0 Å². The molecule has 0 radical (unpaired) electrons. The molecule has 1 saturated carbocycles. The van der Waals surface area contributed by atoms with E-state index in [0.29, 0.717) is 12.6 Å². The van der Waals surface area contributed by atoms with Crippen molar-refractivity contribution < 1.29 is 4.74 Å². The topological polar surface area (TPSA) is 45.6 Å². The average molecular weight is 317 g/mol. The number of hydrogen-bond acceptors (Lipinski definition) is 2. The minimum absolute atomic E-state index is 0.568. The number of nitrogens with one attached hydrogen (secondary N) is 2. The summed E-state index contributed by atoms with van der Waals surface area (Å²) in [4.78, 5) is 4.37. The maximum Gasteiger partial charge on any atom is 0.191 e. The predicted octanol–water partition coefficient (Wildman–Crippen LogP) is 3.61. The molecule has 2 N–H and O–H groups in total. The molecular formula is C19H31N3O. The van der Waals surface area contributed by atoms with Gasteiger partial charge in [-0.05, 0) is 30.4 Å². The van der Waals surface area contributed by atoms with Crippen LogP contribution in [0.25, 0.3) is 0 Å². The van der Waals surface area contributed by atoms with Crippen molar-refractivity contribution in [1.82, 2.24) is 10.6 Å². The van der Waals surface area contributed by atoms with Crippen molar-refractivity contribution >= 4 is 5.96 Å². The van der Waals surface area contributed by atoms with Gasteiger partial charge in [-0.25, -0.2) is 0 Å². The van der Waals surface area contributed by atoms with Crippen molar-refractivity contribution in [2.75, 3.05) is 13.7 Å². The molecule has 4 heteroatoms. The second-order valence-corrected chi connectivity index (χ2v) is 6.23. The minimum Gasteiger partial charge on any atom is -0.377 e. The second kappa shape index (κ2) is 10.3. The molecule has 0 unspecified atom stereocenters. The van der Waals surface area contributed by atoms with Crippen molar-refractivity contribution in [3.8, 4) is 0 Å². The number of aliphatic imine (C=N–C) groups is 1. The molecule has 0 spiro atoms. The van der Waals surface area contributed by atoms with Crippen LogP contribution < -0.4 is 10.6 Å².